The van der Waals surface area contributed by atoms with Crippen LogP contribution in [0, 0.1) is 6.92 Å². The number of aromatic nitrogens is 2. The van der Waals surface area contributed by atoms with Crippen LogP contribution in [0.25, 0.3) is 0 Å². The van der Waals surface area contributed by atoms with Crippen LogP contribution in [0.4, 0.5) is 0 Å². The van der Waals surface area contributed by atoms with E-state index in [4.69, 9.17) is 18.5 Å². The molecule has 0 amide bonds. The normalized spacial score (nSPS) is 10.2. The second-order valence-corrected chi connectivity index (χ2v) is 8.71. The number of hydrogen-bond acceptors (Lipinski definition) is 11. The maximum Gasteiger partial charge on any atom is 0.210 e. The van der Waals surface area contributed by atoms with Crippen LogP contribution in [0.3, 0.4) is 0 Å². The summed E-state index contributed by atoms with van der Waals surface area (Å²) >= 11 is 17.0. The lowest BCUT2D eigenvalue weighted by atomic mass is 10.2. The van der Waals surface area contributed by atoms with Gasteiger partial charge in [0.1, 0.15) is 0 Å². The molecule has 6 N–H and O–H groups in total. The predicted molar refractivity (Wildman–Crippen MR) is 201 cm³/mol. The Bertz CT molecular complexity index is 604. The minimum Gasteiger partial charge on any atom is -0.400 e. The van der Waals surface area contributed by atoms with Crippen LogP contribution >= 0.6 is 69.3 Å². The average Bonchev–Trinajstić information content (AvgIpc) is 3.40. The Balaban J connectivity index is -0.0000000594. The number of aliphatic hydroxyl groups excluding tert-OH is 5. The zero-order valence-electron chi connectivity index (χ0n) is 30.7. The Labute approximate surface area is 283 Å². The largest absolute Gasteiger partial charge is 0.400 e. The summed E-state index contributed by atoms with van der Waals surface area (Å²) in [6.07, 6.45) is 3.14. The summed E-state index contributed by atoms with van der Waals surface area (Å²) in [4.78, 5) is 14.2. The van der Waals surface area contributed by atoms with E-state index >= 15 is 0 Å². The zero-order chi connectivity index (χ0) is 37.5. The average molecular weight is 755 g/mol. The molecule has 1 aromatic rings. The quantitative estimate of drug-likeness (QED) is 0.0734. The van der Waals surface area contributed by atoms with Crippen molar-refractivity contribution in [2.45, 2.75) is 60.1 Å². The van der Waals surface area contributed by atoms with E-state index in [1.165, 1.54) is 0 Å². The van der Waals surface area contributed by atoms with Crippen LogP contribution < -0.4 is 0 Å². The highest BCUT2D eigenvalue weighted by molar-refractivity contribution is 9.09. The van der Waals surface area contributed by atoms with Crippen molar-refractivity contribution in [2.75, 3.05) is 50.7 Å². The highest BCUT2D eigenvalue weighted by atomic mass is 79.9. The fourth-order valence-electron chi connectivity index (χ4n) is 0.998. The molecule has 0 aliphatic heterocycles. The summed E-state index contributed by atoms with van der Waals surface area (Å²) in [6.45, 7) is 19.2. The van der Waals surface area contributed by atoms with Gasteiger partial charge in [0.25, 0.3) is 0 Å². The number of alkyl halides is 2. The lowest BCUT2D eigenvalue weighted by Crippen LogP contribution is -1.98. The Morgan fingerprint density at radius 2 is 1.44 bits per heavy atom. The van der Waals surface area contributed by atoms with Crippen molar-refractivity contribution in [1.82, 2.24) is 9.97 Å². The summed E-state index contributed by atoms with van der Waals surface area (Å²) in [5.74, 6) is 0. The Hall–Kier alpha value is 0.555. The summed E-state index contributed by atoms with van der Waals surface area (Å²) in [7, 11) is 1.00. The lowest BCUT2D eigenvalue weighted by molar-refractivity contribution is 0.279. The Kier molecular flexibility index (Phi) is 82.4. The number of aliphatic hydroxyl groups is 5. The third kappa shape index (κ3) is 111. The molecule has 0 saturated heterocycles. The molecule has 0 aliphatic rings. The summed E-state index contributed by atoms with van der Waals surface area (Å²) in [5, 5.41) is 28.4. The van der Waals surface area contributed by atoms with Crippen LogP contribution in [0.5, 0.6) is 0 Å². The van der Waals surface area contributed by atoms with Crippen molar-refractivity contribution < 1.29 is 25.5 Å². The topological polar surface area (TPSA) is 155 Å². The molecule has 1 atom stereocenters. The molecule has 1 unspecified atom stereocenters. The van der Waals surface area contributed by atoms with Crippen molar-refractivity contribution in [1.29, 1.82) is 8.30 Å². The van der Waals surface area contributed by atoms with E-state index in [1.54, 1.807) is 26.8 Å². The Morgan fingerprint density at radius 3 is 1.64 bits per heavy atom. The molecule has 39 heavy (non-hydrogen) atoms. The molecule has 236 valence electrons. The van der Waals surface area contributed by atoms with E-state index in [9.17, 15) is 0 Å². The molecule has 0 radical (unpaired) electrons. The fourth-order valence-corrected chi connectivity index (χ4v) is 0.998. The third-order valence-electron chi connectivity index (χ3n) is 2.51. The fraction of sp³-hybridized carbons (Fsp3) is 0.773. The van der Waals surface area contributed by atoms with E-state index in [0.717, 1.165) is 36.8 Å². The Morgan fingerprint density at radius 1 is 1.05 bits per heavy atom. The molecular weight excluding hydrogens is 689 g/mol. The lowest BCUT2D eigenvalue weighted by Gasteiger charge is -1.97. The number of hydrogen-bond donors (Lipinski definition) is 9. The van der Waals surface area contributed by atoms with Crippen LogP contribution in [-0.2, 0) is 6.42 Å². The minimum absolute atomic E-state index is 0.222. The zero-order valence-corrected chi connectivity index (χ0v) is 30.6. The number of imidazole rings is 1. The monoisotopic (exact) mass is 753 g/mol. The second kappa shape index (κ2) is 77.1. The second-order valence-electron chi connectivity index (χ2n) is 5.57. The predicted octanol–water partition coefficient (Wildman–Crippen LogP) is 2.72. The van der Waals surface area contributed by atoms with E-state index in [2.05, 4.69) is 118 Å². The third-order valence-corrected chi connectivity index (χ3v) is 3.18. The first kappa shape index (κ1) is 41.7. The number of aryl methyl sites for hydroxylation is 1. The molecule has 17 heteroatoms. The summed E-state index contributed by atoms with van der Waals surface area (Å²) in [6, 6.07) is 0.223. The van der Waals surface area contributed by atoms with Gasteiger partial charge in [-0.2, -0.15) is 0 Å². The van der Waals surface area contributed by atoms with Gasteiger partial charge in [0.2, 0.25) is 4.29 Å². The van der Waals surface area contributed by atoms with Crippen LogP contribution in [0.15, 0.2) is 16.3 Å². The van der Waals surface area contributed by atoms with Crippen molar-refractivity contribution in [3.63, 3.8) is 0 Å². The number of thiol groups is 3. The first-order valence-electron chi connectivity index (χ1n) is 14.7. The molecule has 0 spiro atoms. The first-order valence-corrected chi connectivity index (χ1v) is 15.5. The van der Waals surface area contributed by atoms with E-state index in [-0.39, 0.29) is 32.2 Å². The number of halogens is 2. The maximum atomic E-state index is 7.83. The van der Waals surface area contributed by atoms with E-state index < -0.39 is 0 Å². The molecule has 1 rings (SSSR count). The highest BCUT2D eigenvalue weighted by Gasteiger charge is 1.97. The van der Waals surface area contributed by atoms with Crippen molar-refractivity contribution >= 4 is 102 Å². The molecule has 1 heterocycles. The van der Waals surface area contributed by atoms with Gasteiger partial charge in [-0.1, -0.05) is 52.3 Å². The van der Waals surface area contributed by atoms with Crippen LogP contribution in [0.2, 0.25) is 20.5 Å². The number of nitrogens with zero attached hydrogens (tertiary/aromatic N) is 3. The molecule has 0 aromatic carbocycles. The number of nitrogens with one attached hydrogen (secondary N) is 1. The van der Waals surface area contributed by atoms with E-state index in [0.29, 0.717) is 31.6 Å². The van der Waals surface area contributed by atoms with Gasteiger partial charge >= 0.3 is 0 Å². The van der Waals surface area contributed by atoms with Crippen LogP contribution in [-0.4, -0.2) is 134 Å². The molecule has 0 bridgehead atoms. The molecule has 1 aromatic heterocycles. The summed E-state index contributed by atoms with van der Waals surface area (Å²) in [5.41, 5.74) is 2.03. The number of H-pyrrole nitrogens is 1. The highest BCUT2D eigenvalue weighted by Crippen LogP contribution is 1.99. The molecular formula is C22H57B3Br2N4O5S3. The SMILES string of the molecule is C=NCC.CO.OCCBr.[2H]B(C)S.[2H]B(C)S.[2H]B(C)S.[3H]OCCBr.[3H]OCCC(C)N=C.[3H]OCCc1nc[nH]c1C. The smallest absolute Gasteiger partial charge is 0.210 e. The van der Waals surface area contributed by atoms with Gasteiger partial charge < -0.3 is 35.5 Å². The van der Waals surface area contributed by atoms with Gasteiger partial charge in [-0.25, -0.2) is 42.4 Å². The van der Waals surface area contributed by atoms with Crippen molar-refractivity contribution in [3.8, 4) is 0 Å². The molecule has 0 fully saturated rings. The minimum atomic E-state index is -0.222. The van der Waals surface area contributed by atoms with Gasteiger partial charge in [-0.05, 0) is 44.6 Å². The van der Waals surface area contributed by atoms with Crippen molar-refractivity contribution in [3.05, 3.63) is 17.7 Å². The molecule has 0 aliphatic carbocycles. The van der Waals surface area contributed by atoms with E-state index in [1.807, 2.05) is 20.8 Å². The standard InChI is InChI=1S/C6H10N2O.C5H11NO.C3H7N.2C2H5BrO.3CH5BS.CH4O/c1-5-6(2-3-9)8-4-7-5;1-5(6-2)3-4-7;1-3-4-2;2*3-1-2-4;3*1-2-3;1-2/h4,9H,2-3H2,1H3,(H,7,8);5,7H,2-4H2,1H3;2-3H2,1H3;2*4H,1-2H2;3*2-3H,1H3;2H,1H3/i9T;7T;;4T;;3*2D;. The number of aliphatic imine (C=N–C) groups is 2. The number of rotatable bonds is 11. The maximum absolute atomic E-state index is 7.83. The van der Waals surface area contributed by atoms with Crippen molar-refractivity contribution in [2.24, 2.45) is 9.98 Å². The molecule has 9 nitrogen and oxygen atoms in total. The van der Waals surface area contributed by atoms with Gasteiger partial charge in [0, 0.05) is 55.7 Å². The summed E-state index contributed by atoms with van der Waals surface area (Å²) < 4.78 is 38.2. The van der Waals surface area contributed by atoms with Gasteiger partial charge in [0.15, 0.2) is 19.6 Å². The first-order chi connectivity index (χ1) is 21.1. The van der Waals surface area contributed by atoms with Gasteiger partial charge in [0.05, 0.1) is 25.2 Å². The van der Waals surface area contributed by atoms with Crippen LogP contribution in [0.1, 0.15) is 31.7 Å². The number of aromatic amines is 1. The molecule has 0 saturated carbocycles. The van der Waals surface area contributed by atoms with Gasteiger partial charge in [-0.3, -0.25) is 4.99 Å². The van der Waals surface area contributed by atoms with Gasteiger partial charge in [-0.15, -0.1) is 0 Å².